The van der Waals surface area contributed by atoms with Crippen LogP contribution in [-0.2, 0) is 21.2 Å². The minimum absolute atomic E-state index is 0.0340. The number of hydrogen-bond donors (Lipinski definition) is 3. The van der Waals surface area contributed by atoms with Gasteiger partial charge in [0.15, 0.2) is 5.13 Å². The molecule has 0 aliphatic carbocycles. The molecule has 4 N–H and O–H groups in total. The van der Waals surface area contributed by atoms with Gasteiger partial charge in [-0.3, -0.25) is 4.79 Å². The molecule has 0 unspecified atom stereocenters. The first-order valence-electron chi connectivity index (χ1n) is 5.91. The number of nitrogens with one attached hydrogen (secondary N) is 1. The van der Waals surface area contributed by atoms with Crippen molar-refractivity contribution in [2.75, 3.05) is 5.32 Å². The van der Waals surface area contributed by atoms with Gasteiger partial charge in [-0.15, -0.1) is 11.3 Å². The number of nitrogens with two attached hydrogens (primary N) is 1. The van der Waals surface area contributed by atoms with Crippen molar-refractivity contribution < 1.29 is 18.3 Å². The molecule has 0 saturated carbocycles. The largest absolute Gasteiger partial charge is 0.481 e. The van der Waals surface area contributed by atoms with Gasteiger partial charge in [-0.25, -0.2) is 18.5 Å². The number of carboxylic acid groups (broad SMARTS) is 1. The highest BCUT2D eigenvalue weighted by atomic mass is 32.2. The molecule has 0 fully saturated rings. The van der Waals surface area contributed by atoms with Crippen molar-refractivity contribution >= 4 is 38.1 Å². The Labute approximate surface area is 125 Å². The molecule has 0 spiro atoms. The molecule has 1 aromatic carbocycles. The van der Waals surface area contributed by atoms with Gasteiger partial charge >= 0.3 is 5.97 Å². The number of nitrogens with zero attached hydrogens (tertiary/aromatic N) is 1. The molecular formula is C12H13N3O4S2. The number of carboxylic acids is 1. The smallest absolute Gasteiger partial charge is 0.303 e. The van der Waals surface area contributed by atoms with E-state index in [-0.39, 0.29) is 11.3 Å². The van der Waals surface area contributed by atoms with Gasteiger partial charge < -0.3 is 10.4 Å². The molecule has 0 aliphatic heterocycles. The molecule has 112 valence electrons. The molecule has 0 bridgehead atoms. The van der Waals surface area contributed by atoms with Crippen LogP contribution in [0.25, 0.3) is 0 Å². The molecule has 9 heteroatoms. The highest BCUT2D eigenvalue weighted by Gasteiger charge is 2.08. The summed E-state index contributed by atoms with van der Waals surface area (Å²) in [5.41, 5.74) is 1.37. The van der Waals surface area contributed by atoms with Crippen LogP contribution in [0.1, 0.15) is 12.1 Å². The van der Waals surface area contributed by atoms with Crippen LogP contribution in [0.5, 0.6) is 0 Å². The molecule has 7 nitrogen and oxygen atoms in total. The second-order valence-electron chi connectivity index (χ2n) is 4.23. The van der Waals surface area contributed by atoms with E-state index < -0.39 is 16.0 Å². The molecule has 0 radical (unpaired) electrons. The van der Waals surface area contributed by atoms with Crippen LogP contribution >= 0.6 is 11.3 Å². The van der Waals surface area contributed by atoms with E-state index in [1.807, 2.05) is 0 Å². The monoisotopic (exact) mass is 327 g/mol. The third-order valence-electron chi connectivity index (χ3n) is 2.58. The minimum atomic E-state index is -3.70. The zero-order chi connectivity index (χ0) is 15.5. The van der Waals surface area contributed by atoms with Crippen LogP contribution in [-0.4, -0.2) is 24.5 Å². The Hall–Kier alpha value is -1.97. The molecule has 2 rings (SSSR count). The quantitative estimate of drug-likeness (QED) is 0.740. The third kappa shape index (κ3) is 4.52. The number of carbonyl (C=O) groups is 1. The summed E-state index contributed by atoms with van der Waals surface area (Å²) >= 11 is 1.35. The van der Waals surface area contributed by atoms with Crippen molar-refractivity contribution in [1.29, 1.82) is 0 Å². The maximum atomic E-state index is 11.1. The fourth-order valence-electron chi connectivity index (χ4n) is 1.57. The van der Waals surface area contributed by atoms with Gasteiger partial charge in [0.05, 0.1) is 17.0 Å². The van der Waals surface area contributed by atoms with E-state index in [2.05, 4.69) is 10.3 Å². The summed E-state index contributed by atoms with van der Waals surface area (Å²) in [4.78, 5) is 14.8. The number of rotatable bonds is 6. The number of aromatic nitrogens is 1. The topological polar surface area (TPSA) is 122 Å². The minimum Gasteiger partial charge on any atom is -0.481 e. The maximum absolute atomic E-state index is 11.1. The zero-order valence-corrected chi connectivity index (χ0v) is 12.4. The summed E-state index contributed by atoms with van der Waals surface area (Å²) < 4.78 is 22.3. The van der Waals surface area contributed by atoms with Gasteiger partial charge in [-0.2, -0.15) is 0 Å². The maximum Gasteiger partial charge on any atom is 0.303 e. The summed E-state index contributed by atoms with van der Waals surface area (Å²) in [5.74, 6) is -0.865. The predicted octanol–water partition coefficient (Wildman–Crippen LogP) is 1.55. The van der Waals surface area contributed by atoms with E-state index in [1.165, 1.54) is 23.5 Å². The van der Waals surface area contributed by atoms with Crippen LogP contribution < -0.4 is 10.5 Å². The Bertz CT molecular complexity index is 738. The van der Waals surface area contributed by atoms with Crippen molar-refractivity contribution in [3.05, 3.63) is 35.3 Å². The Morgan fingerprint density at radius 2 is 2.00 bits per heavy atom. The second kappa shape index (κ2) is 6.20. The first kappa shape index (κ1) is 15.4. The highest BCUT2D eigenvalue weighted by molar-refractivity contribution is 7.89. The lowest BCUT2D eigenvalue weighted by atomic mass is 10.2. The number of aryl methyl sites for hydroxylation is 1. The van der Waals surface area contributed by atoms with Gasteiger partial charge in [0, 0.05) is 17.5 Å². The molecule has 0 saturated heterocycles. The first-order chi connectivity index (χ1) is 9.84. The van der Waals surface area contributed by atoms with E-state index in [1.54, 1.807) is 17.5 Å². The number of primary sulfonamides is 1. The van der Waals surface area contributed by atoms with Gasteiger partial charge in [0.1, 0.15) is 0 Å². The van der Waals surface area contributed by atoms with Gasteiger partial charge in [-0.1, -0.05) is 0 Å². The third-order valence-corrected chi connectivity index (χ3v) is 4.32. The van der Waals surface area contributed by atoms with Gasteiger partial charge in [0.25, 0.3) is 0 Å². The van der Waals surface area contributed by atoms with E-state index >= 15 is 0 Å². The van der Waals surface area contributed by atoms with E-state index in [4.69, 9.17) is 10.2 Å². The Morgan fingerprint density at radius 1 is 1.33 bits per heavy atom. The average Bonchev–Trinajstić information content (AvgIpc) is 2.83. The number of hydrogen-bond acceptors (Lipinski definition) is 6. The van der Waals surface area contributed by atoms with Crippen LogP contribution in [0.15, 0.2) is 34.5 Å². The average molecular weight is 327 g/mol. The zero-order valence-electron chi connectivity index (χ0n) is 10.8. The van der Waals surface area contributed by atoms with Crippen molar-refractivity contribution in [2.24, 2.45) is 5.14 Å². The number of sulfonamides is 1. The highest BCUT2D eigenvalue weighted by Crippen LogP contribution is 2.22. The van der Waals surface area contributed by atoms with Crippen LogP contribution in [0.3, 0.4) is 0 Å². The summed E-state index contributed by atoms with van der Waals surface area (Å²) in [7, 11) is -3.70. The first-order valence-corrected chi connectivity index (χ1v) is 8.33. The Kier molecular flexibility index (Phi) is 4.56. The van der Waals surface area contributed by atoms with Crippen molar-refractivity contribution in [2.45, 2.75) is 17.7 Å². The summed E-state index contributed by atoms with van der Waals surface area (Å²) in [6, 6.07) is 5.96. The van der Waals surface area contributed by atoms with Crippen LogP contribution in [0.2, 0.25) is 0 Å². The predicted molar refractivity (Wildman–Crippen MR) is 79.2 cm³/mol. The summed E-state index contributed by atoms with van der Waals surface area (Å²) in [5, 5.41) is 19.0. The molecule has 2 aromatic rings. The number of thiazole rings is 1. The standard InChI is InChI=1S/C12H13N3O4S2/c13-21(18,19)10-4-1-8(2-5-10)14-12-15-9(7-20-12)3-6-11(16)17/h1-2,4-5,7H,3,6H2,(H,14,15)(H,16,17)(H2,13,18,19). The number of benzene rings is 1. The molecule has 1 aromatic heterocycles. The normalized spacial score (nSPS) is 11.3. The molecule has 0 amide bonds. The molecule has 21 heavy (non-hydrogen) atoms. The Morgan fingerprint density at radius 3 is 2.57 bits per heavy atom. The summed E-state index contributed by atoms with van der Waals surface area (Å²) in [6.45, 7) is 0. The van der Waals surface area contributed by atoms with Crippen LogP contribution in [0.4, 0.5) is 10.8 Å². The van der Waals surface area contributed by atoms with E-state index in [0.29, 0.717) is 22.9 Å². The fraction of sp³-hybridized carbons (Fsp3) is 0.167. The van der Waals surface area contributed by atoms with E-state index in [9.17, 15) is 13.2 Å². The lowest BCUT2D eigenvalue weighted by Gasteiger charge is -2.03. The lowest BCUT2D eigenvalue weighted by molar-refractivity contribution is -0.136. The van der Waals surface area contributed by atoms with Crippen molar-refractivity contribution in [3.8, 4) is 0 Å². The van der Waals surface area contributed by atoms with Crippen molar-refractivity contribution in [3.63, 3.8) is 0 Å². The lowest BCUT2D eigenvalue weighted by Crippen LogP contribution is -2.11. The second-order valence-corrected chi connectivity index (χ2v) is 6.65. The molecule has 1 heterocycles. The van der Waals surface area contributed by atoms with Crippen LogP contribution in [0, 0.1) is 0 Å². The molecule has 0 atom stereocenters. The van der Waals surface area contributed by atoms with E-state index in [0.717, 1.165) is 0 Å². The van der Waals surface area contributed by atoms with Crippen molar-refractivity contribution in [1.82, 2.24) is 4.98 Å². The summed E-state index contributed by atoms with van der Waals surface area (Å²) in [6.07, 6.45) is 0.407. The SMILES string of the molecule is NS(=O)(=O)c1ccc(Nc2nc(CCC(=O)O)cs2)cc1. The Balaban J connectivity index is 2.03. The molecule has 0 aliphatic rings. The van der Waals surface area contributed by atoms with Gasteiger partial charge in [-0.05, 0) is 24.3 Å². The van der Waals surface area contributed by atoms with Gasteiger partial charge in [0.2, 0.25) is 10.0 Å². The number of anilines is 2. The number of aliphatic carboxylic acids is 1. The molecular weight excluding hydrogens is 314 g/mol. The fourth-order valence-corrected chi connectivity index (χ4v) is 2.85.